The number of hydrogen-bond acceptors (Lipinski definition) is 5. The molecule has 84 valence electrons. The summed E-state index contributed by atoms with van der Waals surface area (Å²) in [5.74, 6) is 0.340. The lowest BCUT2D eigenvalue weighted by Gasteiger charge is -2.01. The summed E-state index contributed by atoms with van der Waals surface area (Å²) in [4.78, 5) is 19.8. The standard InChI is InChI=1S/C11H8N4OS/c12-9-8-10(14-6-13-9)15(11(16)17-8)7-4-2-1-3-5-7/h1-6H,(H2,12,13,14). The van der Waals surface area contributed by atoms with Gasteiger partial charge in [-0.2, -0.15) is 0 Å². The molecule has 0 bridgehead atoms. The highest BCUT2D eigenvalue weighted by atomic mass is 32.1. The second-order valence-electron chi connectivity index (χ2n) is 3.45. The number of anilines is 1. The van der Waals surface area contributed by atoms with Gasteiger partial charge in [0.1, 0.15) is 16.8 Å². The van der Waals surface area contributed by atoms with Crippen LogP contribution in [0.25, 0.3) is 16.0 Å². The topological polar surface area (TPSA) is 73.8 Å². The molecule has 0 aliphatic heterocycles. The molecular formula is C11H8N4OS. The molecule has 0 aliphatic carbocycles. The smallest absolute Gasteiger partial charge is 0.314 e. The van der Waals surface area contributed by atoms with Gasteiger partial charge in [-0.15, -0.1) is 0 Å². The van der Waals surface area contributed by atoms with Gasteiger partial charge in [0.05, 0.1) is 5.69 Å². The zero-order chi connectivity index (χ0) is 11.8. The van der Waals surface area contributed by atoms with Crippen LogP contribution >= 0.6 is 11.3 Å². The average molecular weight is 244 g/mol. The predicted octanol–water partition coefficient (Wildman–Crippen LogP) is 1.42. The molecule has 0 atom stereocenters. The summed E-state index contributed by atoms with van der Waals surface area (Å²) in [5, 5.41) is 0. The Morgan fingerprint density at radius 3 is 2.71 bits per heavy atom. The Morgan fingerprint density at radius 2 is 1.94 bits per heavy atom. The van der Waals surface area contributed by atoms with E-state index in [1.807, 2.05) is 30.3 Å². The molecule has 0 fully saturated rings. The van der Waals surface area contributed by atoms with Gasteiger partial charge < -0.3 is 5.73 Å². The van der Waals surface area contributed by atoms with Crippen LogP contribution in [0.15, 0.2) is 41.5 Å². The largest absolute Gasteiger partial charge is 0.382 e. The number of fused-ring (bicyclic) bond motifs is 1. The maximum atomic E-state index is 11.9. The van der Waals surface area contributed by atoms with Crippen molar-refractivity contribution in [1.82, 2.24) is 14.5 Å². The van der Waals surface area contributed by atoms with Crippen molar-refractivity contribution in [3.63, 3.8) is 0 Å². The lowest BCUT2D eigenvalue weighted by atomic mass is 10.3. The zero-order valence-electron chi connectivity index (χ0n) is 8.70. The third-order valence-electron chi connectivity index (χ3n) is 2.41. The highest BCUT2D eigenvalue weighted by molar-refractivity contribution is 7.17. The van der Waals surface area contributed by atoms with Crippen molar-refractivity contribution in [2.45, 2.75) is 0 Å². The number of hydrogen-bond donors (Lipinski definition) is 1. The van der Waals surface area contributed by atoms with Gasteiger partial charge in [-0.25, -0.2) is 9.97 Å². The van der Waals surface area contributed by atoms with Crippen molar-refractivity contribution in [1.29, 1.82) is 0 Å². The van der Waals surface area contributed by atoms with Crippen LogP contribution in [0.4, 0.5) is 5.82 Å². The molecule has 0 aliphatic rings. The van der Waals surface area contributed by atoms with Crippen molar-refractivity contribution in [3.05, 3.63) is 46.3 Å². The molecule has 2 N–H and O–H groups in total. The van der Waals surface area contributed by atoms with Gasteiger partial charge in [-0.3, -0.25) is 9.36 Å². The van der Waals surface area contributed by atoms with Crippen LogP contribution in [-0.2, 0) is 0 Å². The maximum absolute atomic E-state index is 11.9. The predicted molar refractivity (Wildman–Crippen MR) is 67.4 cm³/mol. The molecule has 0 amide bonds. The van der Waals surface area contributed by atoms with Crippen LogP contribution in [0.3, 0.4) is 0 Å². The molecule has 0 unspecified atom stereocenters. The summed E-state index contributed by atoms with van der Waals surface area (Å²) in [6, 6.07) is 9.34. The van der Waals surface area contributed by atoms with Crippen LogP contribution in [0.5, 0.6) is 0 Å². The first-order valence-electron chi connectivity index (χ1n) is 4.95. The van der Waals surface area contributed by atoms with Crippen LogP contribution in [0.1, 0.15) is 0 Å². The Morgan fingerprint density at radius 1 is 1.18 bits per heavy atom. The van der Waals surface area contributed by atoms with E-state index in [9.17, 15) is 4.79 Å². The van der Waals surface area contributed by atoms with Crippen LogP contribution < -0.4 is 10.6 Å². The summed E-state index contributed by atoms with van der Waals surface area (Å²) in [5.41, 5.74) is 7.06. The molecule has 6 heteroatoms. The molecular weight excluding hydrogens is 236 g/mol. The van der Waals surface area contributed by atoms with Gasteiger partial charge in [-0.1, -0.05) is 29.5 Å². The minimum atomic E-state index is -0.113. The van der Waals surface area contributed by atoms with E-state index >= 15 is 0 Å². The number of para-hydroxylation sites is 1. The summed E-state index contributed by atoms with van der Waals surface area (Å²) < 4.78 is 2.17. The van der Waals surface area contributed by atoms with Gasteiger partial charge in [0.2, 0.25) is 0 Å². The third kappa shape index (κ3) is 1.50. The highest BCUT2D eigenvalue weighted by Crippen LogP contribution is 2.22. The maximum Gasteiger partial charge on any atom is 0.314 e. The van der Waals surface area contributed by atoms with E-state index in [4.69, 9.17) is 5.73 Å². The molecule has 3 rings (SSSR count). The number of thiazole rings is 1. The number of nitrogens with two attached hydrogens (primary N) is 1. The normalized spacial score (nSPS) is 10.8. The summed E-state index contributed by atoms with van der Waals surface area (Å²) in [7, 11) is 0. The van der Waals surface area contributed by atoms with Crippen molar-refractivity contribution < 1.29 is 0 Å². The molecule has 17 heavy (non-hydrogen) atoms. The fraction of sp³-hybridized carbons (Fsp3) is 0. The lowest BCUT2D eigenvalue weighted by molar-refractivity contribution is 1.05. The highest BCUT2D eigenvalue weighted by Gasteiger charge is 2.12. The molecule has 5 nitrogen and oxygen atoms in total. The van der Waals surface area contributed by atoms with Gasteiger partial charge in [0.15, 0.2) is 5.65 Å². The number of nitrogens with zero attached hydrogens (tertiary/aromatic N) is 3. The second-order valence-corrected chi connectivity index (χ2v) is 4.41. The van der Waals surface area contributed by atoms with Gasteiger partial charge in [0.25, 0.3) is 0 Å². The minimum absolute atomic E-state index is 0.113. The number of nitrogen functional groups attached to an aromatic ring is 1. The van der Waals surface area contributed by atoms with E-state index in [1.165, 1.54) is 10.9 Å². The van der Waals surface area contributed by atoms with Crippen molar-refractivity contribution in [2.24, 2.45) is 0 Å². The Kier molecular flexibility index (Phi) is 2.15. The van der Waals surface area contributed by atoms with Crippen molar-refractivity contribution in [3.8, 4) is 5.69 Å². The SMILES string of the molecule is Nc1ncnc2c1sc(=O)n2-c1ccccc1. The Balaban J connectivity index is 2.42. The molecule has 0 saturated carbocycles. The van der Waals surface area contributed by atoms with E-state index in [2.05, 4.69) is 9.97 Å². The zero-order valence-corrected chi connectivity index (χ0v) is 9.52. The minimum Gasteiger partial charge on any atom is -0.382 e. The molecule has 1 aromatic carbocycles. The van der Waals surface area contributed by atoms with E-state index in [-0.39, 0.29) is 4.87 Å². The Hall–Kier alpha value is -2.21. The molecule has 2 aromatic heterocycles. The third-order valence-corrected chi connectivity index (χ3v) is 3.36. The van der Waals surface area contributed by atoms with E-state index in [0.717, 1.165) is 17.0 Å². The molecule has 0 saturated heterocycles. The second kappa shape index (κ2) is 3.67. The average Bonchev–Trinajstić information content (AvgIpc) is 2.68. The molecule has 3 aromatic rings. The van der Waals surface area contributed by atoms with Crippen LogP contribution in [0.2, 0.25) is 0 Å². The van der Waals surface area contributed by atoms with E-state index in [0.29, 0.717) is 16.2 Å². The quantitative estimate of drug-likeness (QED) is 0.702. The summed E-state index contributed by atoms with van der Waals surface area (Å²) in [6.45, 7) is 0. The van der Waals surface area contributed by atoms with Gasteiger partial charge in [-0.05, 0) is 12.1 Å². The fourth-order valence-corrected chi connectivity index (χ4v) is 2.51. The Bertz CT molecular complexity index is 732. The molecule has 0 radical (unpaired) electrons. The van der Waals surface area contributed by atoms with Gasteiger partial charge in [0, 0.05) is 0 Å². The fourth-order valence-electron chi connectivity index (χ4n) is 1.66. The number of benzene rings is 1. The van der Waals surface area contributed by atoms with E-state index < -0.39 is 0 Å². The van der Waals surface area contributed by atoms with Crippen molar-refractivity contribution >= 4 is 27.5 Å². The first kappa shape index (κ1) is 9.98. The first-order valence-corrected chi connectivity index (χ1v) is 5.76. The van der Waals surface area contributed by atoms with E-state index in [1.54, 1.807) is 0 Å². The lowest BCUT2D eigenvalue weighted by Crippen LogP contribution is -2.10. The number of rotatable bonds is 1. The monoisotopic (exact) mass is 244 g/mol. The van der Waals surface area contributed by atoms with Crippen LogP contribution in [-0.4, -0.2) is 14.5 Å². The Labute approximate surface area is 100 Å². The molecule has 2 heterocycles. The van der Waals surface area contributed by atoms with Crippen LogP contribution in [0, 0.1) is 0 Å². The van der Waals surface area contributed by atoms with Gasteiger partial charge >= 0.3 is 4.87 Å². The van der Waals surface area contributed by atoms with Crippen molar-refractivity contribution in [2.75, 3.05) is 5.73 Å². The number of aromatic nitrogens is 3. The first-order chi connectivity index (χ1) is 8.27. The summed E-state index contributed by atoms with van der Waals surface area (Å²) >= 11 is 1.06. The summed E-state index contributed by atoms with van der Waals surface area (Å²) in [6.07, 6.45) is 1.36. The molecule has 0 spiro atoms.